The summed E-state index contributed by atoms with van der Waals surface area (Å²) < 4.78 is 5.07. The lowest BCUT2D eigenvalue weighted by Crippen LogP contribution is -2.34. The van der Waals surface area contributed by atoms with Gasteiger partial charge in [-0.2, -0.15) is 0 Å². The lowest BCUT2D eigenvalue weighted by atomic mass is 10.2. The highest BCUT2D eigenvalue weighted by molar-refractivity contribution is 6.08. The number of ether oxygens (including phenoxy) is 1. The van der Waals surface area contributed by atoms with E-state index < -0.39 is 11.9 Å². The first-order valence-corrected chi connectivity index (χ1v) is 8.78. The third-order valence-electron chi connectivity index (χ3n) is 3.97. The van der Waals surface area contributed by atoms with Crippen LogP contribution in [0.5, 0.6) is 5.75 Å². The van der Waals surface area contributed by atoms with Crippen LogP contribution in [0.4, 0.5) is 16.2 Å². The summed E-state index contributed by atoms with van der Waals surface area (Å²) in [5.74, 6) is -0.310. The molecule has 4 amide bonds. The minimum atomic E-state index is -0.690. The predicted octanol–water partition coefficient (Wildman–Crippen LogP) is 3.91. The second-order valence-corrected chi connectivity index (χ2v) is 6.04. The lowest BCUT2D eigenvalue weighted by molar-refractivity contribution is 0.0965. The number of rotatable bonds is 5. The van der Waals surface area contributed by atoms with Crippen LogP contribution < -0.4 is 20.7 Å². The number of anilines is 2. The van der Waals surface area contributed by atoms with E-state index in [2.05, 4.69) is 16.0 Å². The van der Waals surface area contributed by atoms with Gasteiger partial charge in [-0.15, -0.1) is 0 Å². The van der Waals surface area contributed by atoms with Crippen LogP contribution in [0.1, 0.15) is 20.7 Å². The molecule has 3 N–H and O–H groups in total. The van der Waals surface area contributed by atoms with Crippen molar-refractivity contribution < 1.29 is 19.1 Å². The standard InChI is InChI=1S/C22H19N3O4/c1-29-19-12-5-9-16(13-19)21(27)25-22(28)24-18-11-6-10-17(14-18)23-20(26)15-7-3-2-4-8-15/h2-14H,1H3,(H,23,26)(H2,24,25,27,28). The Bertz CT molecular complexity index is 1030. The van der Waals surface area contributed by atoms with E-state index in [1.54, 1.807) is 66.7 Å². The zero-order chi connectivity index (χ0) is 20.6. The van der Waals surface area contributed by atoms with Crippen molar-refractivity contribution in [1.82, 2.24) is 5.32 Å². The first kappa shape index (κ1) is 19.6. The van der Waals surface area contributed by atoms with Crippen molar-refractivity contribution in [3.63, 3.8) is 0 Å². The molecule has 3 aromatic carbocycles. The van der Waals surface area contributed by atoms with E-state index in [4.69, 9.17) is 4.74 Å². The molecule has 0 aliphatic rings. The molecule has 0 radical (unpaired) electrons. The van der Waals surface area contributed by atoms with Crippen molar-refractivity contribution in [2.45, 2.75) is 0 Å². The summed E-state index contributed by atoms with van der Waals surface area (Å²) in [6.07, 6.45) is 0. The highest BCUT2D eigenvalue weighted by atomic mass is 16.5. The Balaban J connectivity index is 1.61. The summed E-state index contributed by atoms with van der Waals surface area (Å²) in [7, 11) is 1.49. The molecule has 7 heteroatoms. The first-order valence-electron chi connectivity index (χ1n) is 8.78. The normalized spacial score (nSPS) is 9.97. The summed E-state index contributed by atoms with van der Waals surface area (Å²) >= 11 is 0. The van der Waals surface area contributed by atoms with Gasteiger partial charge in [0.1, 0.15) is 5.75 Å². The van der Waals surface area contributed by atoms with E-state index in [0.29, 0.717) is 28.3 Å². The Morgan fingerprint density at radius 1 is 0.690 bits per heavy atom. The molecule has 0 unspecified atom stereocenters. The maximum absolute atomic E-state index is 12.2. The molecule has 0 saturated carbocycles. The fourth-order valence-electron chi connectivity index (χ4n) is 2.57. The minimum Gasteiger partial charge on any atom is -0.497 e. The van der Waals surface area contributed by atoms with Crippen molar-refractivity contribution in [3.05, 3.63) is 90.0 Å². The van der Waals surface area contributed by atoms with Gasteiger partial charge in [0.2, 0.25) is 0 Å². The monoisotopic (exact) mass is 389 g/mol. The van der Waals surface area contributed by atoms with Crippen molar-refractivity contribution >= 4 is 29.2 Å². The molecule has 3 rings (SSSR count). The molecule has 0 heterocycles. The number of hydrogen-bond acceptors (Lipinski definition) is 4. The van der Waals surface area contributed by atoms with Crippen LogP contribution in [0.2, 0.25) is 0 Å². The predicted molar refractivity (Wildman–Crippen MR) is 110 cm³/mol. The third-order valence-corrected chi connectivity index (χ3v) is 3.97. The molecule has 0 fully saturated rings. The summed E-state index contributed by atoms with van der Waals surface area (Å²) in [4.78, 5) is 36.6. The maximum Gasteiger partial charge on any atom is 0.326 e. The number of nitrogens with one attached hydrogen (secondary N) is 3. The van der Waals surface area contributed by atoms with Crippen LogP contribution >= 0.6 is 0 Å². The SMILES string of the molecule is COc1cccc(C(=O)NC(=O)Nc2cccc(NC(=O)c3ccccc3)c2)c1. The smallest absolute Gasteiger partial charge is 0.326 e. The molecule has 0 atom stereocenters. The second kappa shape index (κ2) is 9.18. The number of urea groups is 1. The van der Waals surface area contributed by atoms with E-state index in [0.717, 1.165) is 0 Å². The van der Waals surface area contributed by atoms with Crippen molar-refractivity contribution in [2.75, 3.05) is 17.7 Å². The number of imide groups is 1. The molecule has 3 aromatic rings. The van der Waals surface area contributed by atoms with Crippen LogP contribution in [0.3, 0.4) is 0 Å². The lowest BCUT2D eigenvalue weighted by Gasteiger charge is -2.10. The minimum absolute atomic E-state index is 0.264. The van der Waals surface area contributed by atoms with Gasteiger partial charge in [0, 0.05) is 22.5 Å². The highest BCUT2D eigenvalue weighted by Crippen LogP contribution is 2.16. The van der Waals surface area contributed by atoms with Crippen LogP contribution in [0.25, 0.3) is 0 Å². The number of carbonyl (C=O) groups excluding carboxylic acids is 3. The number of hydrogen-bond donors (Lipinski definition) is 3. The van der Waals surface area contributed by atoms with Crippen molar-refractivity contribution in [1.29, 1.82) is 0 Å². The zero-order valence-electron chi connectivity index (χ0n) is 15.6. The molecule has 7 nitrogen and oxygen atoms in total. The maximum atomic E-state index is 12.2. The fraction of sp³-hybridized carbons (Fsp3) is 0.0455. The summed E-state index contributed by atoms with van der Waals surface area (Å²) in [6, 6.07) is 21.2. The third kappa shape index (κ3) is 5.43. The van der Waals surface area contributed by atoms with E-state index in [1.807, 2.05) is 6.07 Å². The average molecular weight is 389 g/mol. The number of amides is 4. The molecule has 146 valence electrons. The van der Waals surface area contributed by atoms with Gasteiger partial charge in [-0.3, -0.25) is 14.9 Å². The van der Waals surface area contributed by atoms with Gasteiger partial charge in [0.15, 0.2) is 0 Å². The summed E-state index contributed by atoms with van der Waals surface area (Å²) in [6.45, 7) is 0. The van der Waals surface area contributed by atoms with Crippen LogP contribution in [0.15, 0.2) is 78.9 Å². The van der Waals surface area contributed by atoms with Crippen molar-refractivity contribution in [2.24, 2.45) is 0 Å². The Hall–Kier alpha value is -4.13. The first-order chi connectivity index (χ1) is 14.0. The summed E-state index contributed by atoms with van der Waals surface area (Å²) in [5.41, 5.74) is 1.75. The van der Waals surface area contributed by atoms with Gasteiger partial charge in [0.25, 0.3) is 11.8 Å². The second-order valence-electron chi connectivity index (χ2n) is 6.04. The van der Waals surface area contributed by atoms with Gasteiger partial charge in [-0.1, -0.05) is 30.3 Å². The van der Waals surface area contributed by atoms with Gasteiger partial charge in [0.05, 0.1) is 7.11 Å². The molecular weight excluding hydrogens is 370 g/mol. The number of methoxy groups -OCH3 is 1. The molecule has 0 saturated heterocycles. The van der Waals surface area contributed by atoms with Crippen molar-refractivity contribution in [3.8, 4) is 5.75 Å². The van der Waals surface area contributed by atoms with Crippen LogP contribution in [-0.2, 0) is 0 Å². The average Bonchev–Trinajstić information content (AvgIpc) is 2.74. The topological polar surface area (TPSA) is 96.5 Å². The molecule has 0 aliphatic heterocycles. The van der Waals surface area contributed by atoms with E-state index in [9.17, 15) is 14.4 Å². The Labute approximate surface area is 167 Å². The Morgan fingerprint density at radius 2 is 1.34 bits per heavy atom. The summed E-state index contributed by atoms with van der Waals surface area (Å²) in [5, 5.41) is 7.58. The highest BCUT2D eigenvalue weighted by Gasteiger charge is 2.12. The van der Waals surface area contributed by atoms with Crippen LogP contribution in [-0.4, -0.2) is 25.0 Å². The van der Waals surface area contributed by atoms with E-state index in [1.165, 1.54) is 13.2 Å². The van der Waals surface area contributed by atoms with Gasteiger partial charge in [-0.25, -0.2) is 4.79 Å². The largest absolute Gasteiger partial charge is 0.497 e. The van der Waals surface area contributed by atoms with Gasteiger partial charge >= 0.3 is 6.03 Å². The van der Waals surface area contributed by atoms with E-state index >= 15 is 0 Å². The quantitative estimate of drug-likeness (QED) is 0.616. The van der Waals surface area contributed by atoms with Crippen LogP contribution in [0, 0.1) is 0 Å². The molecule has 0 bridgehead atoms. The van der Waals surface area contributed by atoms with Gasteiger partial charge in [-0.05, 0) is 48.5 Å². The Morgan fingerprint density at radius 3 is 2.07 bits per heavy atom. The molecule has 29 heavy (non-hydrogen) atoms. The Kier molecular flexibility index (Phi) is 6.22. The zero-order valence-corrected chi connectivity index (χ0v) is 15.6. The fourth-order valence-corrected chi connectivity index (χ4v) is 2.57. The van der Waals surface area contributed by atoms with Gasteiger partial charge < -0.3 is 15.4 Å². The molecule has 0 spiro atoms. The number of benzene rings is 3. The molecule has 0 aliphatic carbocycles. The van der Waals surface area contributed by atoms with E-state index in [-0.39, 0.29) is 5.91 Å². The molecular formula is C22H19N3O4. The number of carbonyl (C=O) groups is 3. The molecule has 0 aromatic heterocycles.